The van der Waals surface area contributed by atoms with Crippen LogP contribution in [0.25, 0.3) is 33.5 Å². The Hall–Kier alpha value is -3.84. The van der Waals surface area contributed by atoms with Gasteiger partial charge in [0.05, 0.1) is 17.6 Å². The summed E-state index contributed by atoms with van der Waals surface area (Å²) >= 11 is 0. The number of aliphatic hydroxyl groups is 1. The number of benzene rings is 3. The van der Waals surface area contributed by atoms with Gasteiger partial charge < -0.3 is 9.67 Å². The first-order chi connectivity index (χ1) is 16.3. The van der Waals surface area contributed by atoms with E-state index in [2.05, 4.69) is 62.4 Å². The molecular formula is C26H26N6O. The maximum Gasteiger partial charge on any atom is 0.180 e. The highest BCUT2D eigenvalue weighted by Gasteiger charge is 2.15. The third kappa shape index (κ3) is 4.15. The van der Waals surface area contributed by atoms with Gasteiger partial charge in [0, 0.05) is 24.1 Å². The van der Waals surface area contributed by atoms with Crippen molar-refractivity contribution >= 4 is 11.0 Å². The monoisotopic (exact) mass is 438 g/mol. The van der Waals surface area contributed by atoms with Gasteiger partial charge in [-0.1, -0.05) is 74.0 Å². The second-order valence-electron chi connectivity index (χ2n) is 8.15. The number of aromatic amines is 1. The third-order valence-corrected chi connectivity index (χ3v) is 5.99. The lowest BCUT2D eigenvalue weighted by Crippen LogP contribution is -2.07. The summed E-state index contributed by atoms with van der Waals surface area (Å²) in [5.74, 6) is 1.72. The predicted octanol–water partition coefficient (Wildman–Crippen LogP) is 4.77. The highest BCUT2D eigenvalue weighted by Crippen LogP contribution is 2.30. The van der Waals surface area contributed by atoms with Crippen molar-refractivity contribution in [2.24, 2.45) is 0 Å². The highest BCUT2D eigenvalue weighted by atomic mass is 16.3. The molecular weight excluding hydrogens is 412 g/mol. The van der Waals surface area contributed by atoms with Crippen LogP contribution in [0.2, 0.25) is 0 Å². The van der Waals surface area contributed by atoms with Crippen molar-refractivity contribution in [3.63, 3.8) is 0 Å². The normalized spacial score (nSPS) is 11.3. The number of rotatable bonds is 8. The lowest BCUT2D eigenvalue weighted by atomic mass is 9.98. The van der Waals surface area contributed by atoms with Crippen molar-refractivity contribution in [3.05, 3.63) is 83.7 Å². The molecule has 0 saturated carbocycles. The number of unbranched alkanes of at least 4 members (excludes halogenated alkanes) is 1. The number of aliphatic hydroxyl groups excluding tert-OH is 1. The molecule has 0 saturated heterocycles. The summed E-state index contributed by atoms with van der Waals surface area (Å²) < 4.78 is 2.26. The van der Waals surface area contributed by atoms with Gasteiger partial charge >= 0.3 is 0 Å². The number of nitrogens with one attached hydrogen (secondary N) is 1. The number of imidazole rings is 1. The summed E-state index contributed by atoms with van der Waals surface area (Å²) in [6.07, 6.45) is 3.13. The SMILES string of the molecule is CCCCc1nc2cccc(CO)c2n1Cc1ccc(-c2ccccc2-c2nnn[nH]2)cc1. The van der Waals surface area contributed by atoms with Crippen molar-refractivity contribution in [3.8, 4) is 22.5 Å². The number of H-pyrrole nitrogens is 1. The lowest BCUT2D eigenvalue weighted by molar-refractivity contribution is 0.283. The largest absolute Gasteiger partial charge is 0.392 e. The van der Waals surface area contributed by atoms with E-state index in [0.29, 0.717) is 12.4 Å². The highest BCUT2D eigenvalue weighted by molar-refractivity contribution is 5.81. The number of para-hydroxylation sites is 1. The number of fused-ring (bicyclic) bond motifs is 1. The molecule has 0 atom stereocenters. The second-order valence-corrected chi connectivity index (χ2v) is 8.15. The first kappa shape index (κ1) is 21.0. The van der Waals surface area contributed by atoms with Crippen molar-refractivity contribution in [2.75, 3.05) is 0 Å². The van der Waals surface area contributed by atoms with Gasteiger partial charge in [0.25, 0.3) is 0 Å². The van der Waals surface area contributed by atoms with Gasteiger partial charge in [0.15, 0.2) is 5.82 Å². The molecule has 3 aromatic carbocycles. The molecule has 5 aromatic rings. The minimum Gasteiger partial charge on any atom is -0.392 e. The van der Waals surface area contributed by atoms with Crippen LogP contribution in [0.5, 0.6) is 0 Å². The zero-order valence-corrected chi connectivity index (χ0v) is 18.6. The first-order valence-corrected chi connectivity index (χ1v) is 11.3. The van der Waals surface area contributed by atoms with E-state index >= 15 is 0 Å². The zero-order chi connectivity index (χ0) is 22.6. The van der Waals surface area contributed by atoms with E-state index in [1.165, 1.54) is 5.56 Å². The summed E-state index contributed by atoms with van der Waals surface area (Å²) in [5, 5.41) is 24.3. The average Bonchev–Trinajstić information content (AvgIpc) is 3.52. The Labute approximate surface area is 192 Å². The van der Waals surface area contributed by atoms with Crippen LogP contribution in [0.3, 0.4) is 0 Å². The molecule has 5 rings (SSSR count). The molecule has 0 radical (unpaired) electrons. The van der Waals surface area contributed by atoms with E-state index < -0.39 is 0 Å². The van der Waals surface area contributed by atoms with E-state index in [9.17, 15) is 5.11 Å². The van der Waals surface area contributed by atoms with Gasteiger partial charge in [-0.3, -0.25) is 0 Å². The maximum atomic E-state index is 9.92. The summed E-state index contributed by atoms with van der Waals surface area (Å²) in [4.78, 5) is 4.89. The van der Waals surface area contributed by atoms with Crippen molar-refractivity contribution in [1.29, 1.82) is 0 Å². The Morgan fingerprint density at radius 2 is 1.76 bits per heavy atom. The number of hydrogen-bond acceptors (Lipinski definition) is 5. The van der Waals surface area contributed by atoms with E-state index in [0.717, 1.165) is 58.4 Å². The Morgan fingerprint density at radius 1 is 0.939 bits per heavy atom. The smallest absolute Gasteiger partial charge is 0.180 e. The molecule has 0 aliphatic heterocycles. The molecule has 0 amide bonds. The fourth-order valence-electron chi connectivity index (χ4n) is 4.32. The van der Waals surface area contributed by atoms with Crippen LogP contribution in [0.1, 0.15) is 36.7 Å². The fraction of sp³-hybridized carbons (Fsp3) is 0.231. The first-order valence-electron chi connectivity index (χ1n) is 11.3. The predicted molar refractivity (Wildman–Crippen MR) is 128 cm³/mol. The third-order valence-electron chi connectivity index (χ3n) is 5.99. The Kier molecular flexibility index (Phi) is 5.95. The molecule has 2 N–H and O–H groups in total. The van der Waals surface area contributed by atoms with E-state index in [1.807, 2.05) is 36.4 Å². The molecule has 7 nitrogen and oxygen atoms in total. The molecule has 0 spiro atoms. The van der Waals surface area contributed by atoms with Gasteiger partial charge in [-0.2, -0.15) is 0 Å². The minimum atomic E-state index is 0.00245. The van der Waals surface area contributed by atoms with Crippen molar-refractivity contribution in [1.82, 2.24) is 30.2 Å². The zero-order valence-electron chi connectivity index (χ0n) is 18.6. The van der Waals surface area contributed by atoms with Crippen LogP contribution >= 0.6 is 0 Å². The minimum absolute atomic E-state index is 0.00245. The molecule has 0 fully saturated rings. The molecule has 166 valence electrons. The molecule has 0 aliphatic carbocycles. The van der Waals surface area contributed by atoms with Gasteiger partial charge in [-0.15, -0.1) is 5.10 Å². The van der Waals surface area contributed by atoms with Crippen LogP contribution in [0.15, 0.2) is 66.7 Å². The Morgan fingerprint density at radius 3 is 2.48 bits per heavy atom. The molecule has 0 unspecified atom stereocenters. The molecule has 0 aliphatic rings. The number of aromatic nitrogens is 6. The van der Waals surface area contributed by atoms with Crippen molar-refractivity contribution in [2.45, 2.75) is 39.3 Å². The summed E-state index contributed by atoms with van der Waals surface area (Å²) in [7, 11) is 0. The fourth-order valence-corrected chi connectivity index (χ4v) is 4.32. The average molecular weight is 439 g/mol. The second kappa shape index (κ2) is 9.34. The van der Waals surface area contributed by atoms with Crippen LogP contribution in [0.4, 0.5) is 0 Å². The maximum absolute atomic E-state index is 9.92. The standard InChI is InChI=1S/C26H26N6O/c1-2-3-11-24-27-23-10-6-7-20(17-33)25(23)32(24)16-18-12-14-19(15-13-18)21-8-4-5-9-22(21)26-28-30-31-29-26/h4-10,12-15,33H,2-3,11,16-17H2,1H3,(H,28,29,30,31). The van der Waals surface area contributed by atoms with Gasteiger partial charge in [0.2, 0.25) is 0 Å². The lowest BCUT2D eigenvalue weighted by Gasteiger charge is -2.13. The van der Waals surface area contributed by atoms with Crippen LogP contribution < -0.4 is 0 Å². The van der Waals surface area contributed by atoms with Crippen LogP contribution in [-0.2, 0) is 19.6 Å². The Bertz CT molecular complexity index is 1360. The van der Waals surface area contributed by atoms with Gasteiger partial charge in [0.1, 0.15) is 5.82 Å². The quantitative estimate of drug-likeness (QED) is 0.364. The summed E-state index contributed by atoms with van der Waals surface area (Å²) in [6.45, 7) is 2.90. The molecule has 2 aromatic heterocycles. The van der Waals surface area contributed by atoms with Crippen molar-refractivity contribution < 1.29 is 5.11 Å². The molecule has 2 heterocycles. The van der Waals surface area contributed by atoms with Crippen LogP contribution in [-0.4, -0.2) is 35.3 Å². The van der Waals surface area contributed by atoms with E-state index in [1.54, 1.807) is 0 Å². The number of aryl methyl sites for hydroxylation is 1. The number of tetrazole rings is 1. The van der Waals surface area contributed by atoms with Crippen LogP contribution in [0, 0.1) is 0 Å². The number of nitrogens with zero attached hydrogens (tertiary/aromatic N) is 5. The van der Waals surface area contributed by atoms with E-state index in [-0.39, 0.29) is 6.61 Å². The number of hydrogen-bond donors (Lipinski definition) is 2. The summed E-state index contributed by atoms with van der Waals surface area (Å²) in [6, 6.07) is 22.6. The Balaban J connectivity index is 1.50. The van der Waals surface area contributed by atoms with Gasteiger partial charge in [-0.05, 0) is 39.6 Å². The van der Waals surface area contributed by atoms with Gasteiger partial charge in [-0.25, -0.2) is 10.1 Å². The molecule has 33 heavy (non-hydrogen) atoms. The summed E-state index contributed by atoms with van der Waals surface area (Å²) in [5.41, 5.74) is 7.20. The molecule has 0 bridgehead atoms. The molecule has 7 heteroatoms. The topological polar surface area (TPSA) is 92.5 Å². The van der Waals surface area contributed by atoms with E-state index in [4.69, 9.17) is 4.98 Å².